The first-order chi connectivity index (χ1) is 14.2. The summed E-state index contributed by atoms with van der Waals surface area (Å²) in [5.74, 6) is 0.207. The highest BCUT2D eigenvalue weighted by molar-refractivity contribution is 6.17. The Hall–Kier alpha value is -3.08. The second-order valence-electron chi connectivity index (χ2n) is 7.49. The summed E-state index contributed by atoms with van der Waals surface area (Å²) in [6.07, 6.45) is 3.71. The van der Waals surface area contributed by atoms with E-state index in [1.165, 1.54) is 0 Å². The second-order valence-corrected chi connectivity index (χ2v) is 7.76. The molecule has 142 valence electrons. The topological polar surface area (TPSA) is 41.6 Å². The molecule has 3 aliphatic heterocycles. The van der Waals surface area contributed by atoms with E-state index in [1.54, 1.807) is 0 Å². The van der Waals surface area contributed by atoms with Crippen molar-refractivity contribution in [1.29, 1.82) is 0 Å². The molecule has 3 heterocycles. The number of nitrogens with one attached hydrogen (secondary N) is 1. The van der Waals surface area contributed by atoms with Crippen LogP contribution in [0.15, 0.2) is 72.9 Å². The number of carbonyl (C=O) groups is 1. The Kier molecular flexibility index (Phi) is 3.46. The van der Waals surface area contributed by atoms with E-state index in [0.717, 1.165) is 39.2 Å². The van der Waals surface area contributed by atoms with E-state index in [1.807, 2.05) is 60.8 Å². The predicted molar refractivity (Wildman–Crippen MR) is 114 cm³/mol. The van der Waals surface area contributed by atoms with Crippen molar-refractivity contribution in [1.82, 2.24) is 0 Å². The van der Waals surface area contributed by atoms with Crippen molar-refractivity contribution in [3.63, 3.8) is 0 Å². The van der Waals surface area contributed by atoms with Crippen LogP contribution in [0.4, 0.5) is 11.4 Å². The highest BCUT2D eigenvalue weighted by Gasteiger charge is 2.56. The van der Waals surface area contributed by atoms with Gasteiger partial charge in [-0.15, -0.1) is 11.6 Å². The molecule has 0 fully saturated rings. The van der Waals surface area contributed by atoms with Gasteiger partial charge in [0.15, 0.2) is 6.23 Å². The Morgan fingerprint density at radius 1 is 1.03 bits per heavy atom. The Balaban J connectivity index is 1.65. The van der Waals surface area contributed by atoms with Crippen molar-refractivity contribution < 1.29 is 9.53 Å². The molecular formula is C24H17ClN2O2. The number of rotatable bonds is 1. The van der Waals surface area contributed by atoms with E-state index in [2.05, 4.69) is 28.4 Å². The van der Waals surface area contributed by atoms with Crippen LogP contribution >= 0.6 is 11.6 Å². The van der Waals surface area contributed by atoms with Gasteiger partial charge in [0.05, 0.1) is 5.69 Å². The number of alkyl halides is 1. The first kappa shape index (κ1) is 16.8. The highest BCUT2D eigenvalue weighted by Crippen LogP contribution is 2.55. The van der Waals surface area contributed by atoms with Gasteiger partial charge < -0.3 is 15.0 Å². The Bertz CT molecular complexity index is 1200. The van der Waals surface area contributed by atoms with Crippen molar-refractivity contribution in [3.8, 4) is 0 Å². The van der Waals surface area contributed by atoms with E-state index >= 15 is 0 Å². The van der Waals surface area contributed by atoms with Gasteiger partial charge in [-0.1, -0.05) is 48.5 Å². The fraction of sp³-hybridized carbons (Fsp3) is 0.125. The summed E-state index contributed by atoms with van der Waals surface area (Å²) < 4.78 is 6.75. The molecule has 3 aliphatic rings. The van der Waals surface area contributed by atoms with Crippen LogP contribution in [-0.4, -0.2) is 5.91 Å². The largest absolute Gasteiger partial charge is 0.328 e. The van der Waals surface area contributed by atoms with Crippen molar-refractivity contribution in [2.45, 2.75) is 17.7 Å². The molecule has 0 aromatic heterocycles. The molecule has 3 aromatic carbocycles. The number of fused-ring (bicyclic) bond motifs is 8. The lowest BCUT2D eigenvalue weighted by atomic mass is 9.83. The summed E-state index contributed by atoms with van der Waals surface area (Å²) in [5.41, 5.74) is 5.26. The minimum absolute atomic E-state index is 0.168. The minimum atomic E-state index is -1.21. The third kappa shape index (κ3) is 2.16. The van der Waals surface area contributed by atoms with Crippen LogP contribution in [-0.2, 0) is 21.0 Å². The highest BCUT2D eigenvalue weighted by atomic mass is 35.5. The van der Waals surface area contributed by atoms with Crippen molar-refractivity contribution >= 4 is 35.0 Å². The number of ether oxygens (including phenoxy) is 1. The first-order valence-electron chi connectivity index (χ1n) is 9.56. The molecule has 0 aliphatic carbocycles. The number of anilines is 2. The maximum absolute atomic E-state index is 13.5. The Labute approximate surface area is 173 Å². The number of para-hydroxylation sites is 1. The van der Waals surface area contributed by atoms with Crippen LogP contribution < -0.4 is 10.2 Å². The summed E-state index contributed by atoms with van der Waals surface area (Å²) >= 11 is 6.11. The van der Waals surface area contributed by atoms with Gasteiger partial charge in [-0.05, 0) is 35.4 Å². The van der Waals surface area contributed by atoms with Crippen molar-refractivity contribution in [2.24, 2.45) is 0 Å². The molecule has 0 bridgehead atoms. The van der Waals surface area contributed by atoms with Crippen LogP contribution in [0.1, 0.15) is 34.0 Å². The third-order valence-electron chi connectivity index (χ3n) is 5.96. The maximum atomic E-state index is 13.5. The number of nitrogens with zero attached hydrogens (tertiary/aromatic N) is 1. The summed E-state index contributed by atoms with van der Waals surface area (Å²) in [7, 11) is 0. The number of halogens is 1. The average Bonchev–Trinajstić information content (AvgIpc) is 3.05. The quantitative estimate of drug-likeness (QED) is 0.575. The summed E-state index contributed by atoms with van der Waals surface area (Å²) in [4.78, 5) is 15.5. The molecule has 3 aromatic rings. The van der Waals surface area contributed by atoms with Crippen LogP contribution in [0, 0.1) is 0 Å². The van der Waals surface area contributed by atoms with Gasteiger partial charge in [0.25, 0.3) is 5.91 Å². The minimum Gasteiger partial charge on any atom is -0.328 e. The second kappa shape index (κ2) is 5.96. The number of amides is 1. The standard InChI is InChI=1S/C24H17ClN2O2/c25-14-15-9-10-20-19(13-15)24(23(28)26-20)18-7-3-4-8-21(18)27-12-11-16-5-1-2-6-17(16)22(27)29-24/h1-13,22H,14H2,(H,26,28). The lowest BCUT2D eigenvalue weighted by Gasteiger charge is -2.46. The molecule has 1 N–H and O–H groups in total. The molecule has 1 amide bonds. The normalized spacial score (nSPS) is 23.3. The zero-order valence-corrected chi connectivity index (χ0v) is 16.2. The van der Waals surface area contributed by atoms with Crippen LogP contribution in [0.3, 0.4) is 0 Å². The van der Waals surface area contributed by atoms with E-state index in [9.17, 15) is 4.79 Å². The van der Waals surface area contributed by atoms with E-state index in [-0.39, 0.29) is 5.91 Å². The van der Waals surface area contributed by atoms with Crippen LogP contribution in [0.5, 0.6) is 0 Å². The van der Waals surface area contributed by atoms with Crippen LogP contribution in [0.2, 0.25) is 0 Å². The average molecular weight is 401 g/mol. The van der Waals surface area contributed by atoms with Gasteiger partial charge in [-0.3, -0.25) is 4.79 Å². The maximum Gasteiger partial charge on any atom is 0.266 e. The van der Waals surface area contributed by atoms with Crippen molar-refractivity contribution in [2.75, 3.05) is 10.2 Å². The zero-order valence-electron chi connectivity index (χ0n) is 15.4. The number of hydrogen-bond donors (Lipinski definition) is 1. The lowest BCUT2D eigenvalue weighted by Crippen LogP contribution is -2.48. The van der Waals surface area contributed by atoms with Gasteiger partial charge >= 0.3 is 0 Å². The van der Waals surface area contributed by atoms with Gasteiger partial charge in [0.2, 0.25) is 5.60 Å². The molecule has 0 radical (unpaired) electrons. The van der Waals surface area contributed by atoms with Crippen LogP contribution in [0.25, 0.3) is 6.08 Å². The summed E-state index contributed by atoms with van der Waals surface area (Å²) in [6, 6.07) is 21.9. The smallest absolute Gasteiger partial charge is 0.266 e. The first-order valence-corrected chi connectivity index (χ1v) is 10.1. The number of carbonyl (C=O) groups excluding carboxylic acids is 1. The molecule has 1 spiro atoms. The lowest BCUT2D eigenvalue weighted by molar-refractivity contribution is -0.145. The van der Waals surface area contributed by atoms with Gasteiger partial charge in [0.1, 0.15) is 0 Å². The molecule has 0 saturated carbocycles. The Morgan fingerprint density at radius 3 is 2.76 bits per heavy atom. The molecule has 2 unspecified atom stereocenters. The van der Waals surface area contributed by atoms with Gasteiger partial charge in [0, 0.05) is 34.5 Å². The fourth-order valence-electron chi connectivity index (χ4n) is 4.62. The SMILES string of the molecule is O=C1Nc2ccc(CCl)cc2C12OC1c3ccccc3C=CN1c1ccccc12. The molecule has 6 rings (SSSR count). The van der Waals surface area contributed by atoms with Gasteiger partial charge in [-0.25, -0.2) is 0 Å². The summed E-state index contributed by atoms with van der Waals surface area (Å²) in [5, 5.41) is 3.03. The monoisotopic (exact) mass is 400 g/mol. The van der Waals surface area contributed by atoms with E-state index in [4.69, 9.17) is 16.3 Å². The fourth-order valence-corrected chi connectivity index (χ4v) is 4.79. The van der Waals surface area contributed by atoms with Crippen molar-refractivity contribution in [3.05, 3.63) is 101 Å². The molecule has 0 saturated heterocycles. The van der Waals surface area contributed by atoms with E-state index < -0.39 is 11.8 Å². The molecule has 29 heavy (non-hydrogen) atoms. The Morgan fingerprint density at radius 2 is 1.86 bits per heavy atom. The predicted octanol–water partition coefficient (Wildman–Crippen LogP) is 5.14. The molecular weight excluding hydrogens is 384 g/mol. The molecule has 5 heteroatoms. The number of benzene rings is 3. The van der Waals surface area contributed by atoms with Gasteiger partial charge in [-0.2, -0.15) is 0 Å². The molecule has 4 nitrogen and oxygen atoms in total. The van der Waals surface area contributed by atoms with E-state index in [0.29, 0.717) is 5.88 Å². The molecule has 2 atom stereocenters. The zero-order chi connectivity index (χ0) is 19.6. The third-order valence-corrected chi connectivity index (χ3v) is 6.27. The number of hydrogen-bond acceptors (Lipinski definition) is 3. The summed E-state index contributed by atoms with van der Waals surface area (Å²) in [6.45, 7) is 0.